The third kappa shape index (κ3) is 2.71. The van der Waals surface area contributed by atoms with Crippen LogP contribution in [-0.4, -0.2) is 0 Å². The van der Waals surface area contributed by atoms with Crippen LogP contribution in [0.3, 0.4) is 0 Å². The van der Waals surface area contributed by atoms with Crippen molar-refractivity contribution < 1.29 is 0 Å². The minimum atomic E-state index is 0.181. The Balaban J connectivity index is 1.94. The first-order valence-corrected chi connectivity index (χ1v) is 6.49. The molecule has 0 aliphatic heterocycles. The predicted molar refractivity (Wildman–Crippen MR) is 70.7 cm³/mol. The lowest BCUT2D eigenvalue weighted by atomic mass is 10.0. The lowest BCUT2D eigenvalue weighted by Gasteiger charge is -2.10. The summed E-state index contributed by atoms with van der Waals surface area (Å²) in [5, 5.41) is 2.12. The van der Waals surface area contributed by atoms with Gasteiger partial charge >= 0.3 is 0 Å². The Morgan fingerprint density at radius 3 is 2.56 bits per heavy atom. The molecule has 0 aliphatic rings. The van der Waals surface area contributed by atoms with Crippen molar-refractivity contribution in [3.8, 4) is 0 Å². The van der Waals surface area contributed by atoms with Crippen molar-refractivity contribution in [1.29, 1.82) is 0 Å². The summed E-state index contributed by atoms with van der Waals surface area (Å²) in [6, 6.07) is 12.9. The number of benzene rings is 1. The van der Waals surface area contributed by atoms with Gasteiger partial charge in [0.25, 0.3) is 0 Å². The summed E-state index contributed by atoms with van der Waals surface area (Å²) in [4.78, 5) is 1.33. The van der Waals surface area contributed by atoms with Crippen molar-refractivity contribution in [1.82, 2.24) is 0 Å². The van der Waals surface area contributed by atoms with Gasteiger partial charge in [-0.3, -0.25) is 0 Å². The molecule has 1 aromatic heterocycles. The zero-order chi connectivity index (χ0) is 11.4. The number of rotatable bonds is 4. The van der Waals surface area contributed by atoms with E-state index < -0.39 is 0 Å². The molecule has 2 aromatic rings. The molecule has 0 fully saturated rings. The lowest BCUT2D eigenvalue weighted by molar-refractivity contribution is 0.659. The summed E-state index contributed by atoms with van der Waals surface area (Å²) in [5.41, 5.74) is 8.89. The van der Waals surface area contributed by atoms with Gasteiger partial charge in [-0.1, -0.05) is 30.3 Å². The van der Waals surface area contributed by atoms with Crippen LogP contribution in [0.5, 0.6) is 0 Å². The highest BCUT2D eigenvalue weighted by Gasteiger charge is 2.09. The molecule has 84 valence electrons. The van der Waals surface area contributed by atoms with Crippen LogP contribution < -0.4 is 5.73 Å². The molecule has 2 N–H and O–H groups in total. The number of hydrogen-bond acceptors (Lipinski definition) is 2. The maximum atomic E-state index is 6.20. The molecule has 0 amide bonds. The monoisotopic (exact) mass is 231 g/mol. The second-order valence-electron chi connectivity index (χ2n) is 4.10. The first-order valence-electron chi connectivity index (χ1n) is 5.61. The Morgan fingerprint density at radius 1 is 1.19 bits per heavy atom. The lowest BCUT2D eigenvalue weighted by Crippen LogP contribution is -2.10. The molecular formula is C14H17NS. The van der Waals surface area contributed by atoms with Crippen LogP contribution in [0.1, 0.15) is 28.5 Å². The minimum Gasteiger partial charge on any atom is -0.323 e. The van der Waals surface area contributed by atoms with Crippen LogP contribution in [0.25, 0.3) is 0 Å². The van der Waals surface area contributed by atoms with Crippen LogP contribution in [-0.2, 0) is 6.42 Å². The van der Waals surface area contributed by atoms with E-state index in [0.717, 1.165) is 12.8 Å². The largest absolute Gasteiger partial charge is 0.323 e. The van der Waals surface area contributed by atoms with Gasteiger partial charge in [0.05, 0.1) is 0 Å². The molecule has 1 aromatic carbocycles. The van der Waals surface area contributed by atoms with Gasteiger partial charge in [-0.25, -0.2) is 0 Å². The highest BCUT2D eigenvalue weighted by molar-refractivity contribution is 7.10. The average Bonchev–Trinajstić information content (AvgIpc) is 2.74. The van der Waals surface area contributed by atoms with Gasteiger partial charge in [0.2, 0.25) is 0 Å². The predicted octanol–water partition coefficient (Wildman–Crippen LogP) is 3.69. The molecule has 1 nitrogen and oxygen atoms in total. The molecule has 0 aliphatic carbocycles. The van der Waals surface area contributed by atoms with Crippen LogP contribution in [0.2, 0.25) is 0 Å². The molecule has 2 heteroatoms. The standard InChI is InChI=1S/C14H17NS/c1-11-9-10-16-14(11)13(15)8-7-12-5-3-2-4-6-12/h2-6,9-10,13H,7-8,15H2,1H3. The van der Waals surface area contributed by atoms with Crippen LogP contribution >= 0.6 is 11.3 Å². The molecule has 1 atom stereocenters. The fraction of sp³-hybridized carbons (Fsp3) is 0.286. The molecule has 2 rings (SSSR count). The molecule has 0 saturated carbocycles. The zero-order valence-electron chi connectivity index (χ0n) is 9.52. The van der Waals surface area contributed by atoms with Crippen molar-refractivity contribution in [3.05, 3.63) is 57.8 Å². The molecule has 16 heavy (non-hydrogen) atoms. The van der Waals surface area contributed by atoms with Crippen molar-refractivity contribution in [2.75, 3.05) is 0 Å². The van der Waals surface area contributed by atoms with Crippen LogP contribution in [0.4, 0.5) is 0 Å². The van der Waals surface area contributed by atoms with E-state index in [1.54, 1.807) is 11.3 Å². The second kappa shape index (κ2) is 5.28. The quantitative estimate of drug-likeness (QED) is 0.853. The normalized spacial score (nSPS) is 12.6. The topological polar surface area (TPSA) is 26.0 Å². The van der Waals surface area contributed by atoms with E-state index >= 15 is 0 Å². The maximum absolute atomic E-state index is 6.20. The Kier molecular flexibility index (Phi) is 3.75. The molecule has 1 heterocycles. The Morgan fingerprint density at radius 2 is 1.94 bits per heavy atom. The number of nitrogens with two attached hydrogens (primary N) is 1. The Bertz CT molecular complexity index is 433. The summed E-state index contributed by atoms with van der Waals surface area (Å²) in [6.45, 7) is 2.13. The molecule has 0 bridgehead atoms. The number of aryl methyl sites for hydroxylation is 2. The van der Waals surface area contributed by atoms with Crippen molar-refractivity contribution >= 4 is 11.3 Å². The second-order valence-corrected chi connectivity index (χ2v) is 5.05. The Labute approximate surface area is 101 Å². The van der Waals surface area contributed by atoms with E-state index in [4.69, 9.17) is 5.73 Å². The molecule has 0 spiro atoms. The average molecular weight is 231 g/mol. The SMILES string of the molecule is Cc1ccsc1C(N)CCc1ccccc1. The highest BCUT2D eigenvalue weighted by Crippen LogP contribution is 2.25. The van der Waals surface area contributed by atoms with E-state index in [1.165, 1.54) is 16.0 Å². The summed E-state index contributed by atoms with van der Waals surface area (Å²) in [7, 11) is 0. The Hall–Kier alpha value is -1.12. The van der Waals surface area contributed by atoms with Gasteiger partial charge in [0.15, 0.2) is 0 Å². The minimum absolute atomic E-state index is 0.181. The number of hydrogen-bond donors (Lipinski definition) is 1. The van der Waals surface area contributed by atoms with E-state index in [9.17, 15) is 0 Å². The molecule has 0 radical (unpaired) electrons. The third-order valence-electron chi connectivity index (χ3n) is 2.83. The van der Waals surface area contributed by atoms with Crippen molar-refractivity contribution in [3.63, 3.8) is 0 Å². The molecule has 1 unspecified atom stereocenters. The van der Waals surface area contributed by atoms with Gasteiger partial charge in [-0.05, 0) is 42.3 Å². The van der Waals surface area contributed by atoms with Crippen molar-refractivity contribution in [2.45, 2.75) is 25.8 Å². The maximum Gasteiger partial charge on any atom is 0.0395 e. The van der Waals surface area contributed by atoms with E-state index in [0.29, 0.717) is 0 Å². The molecule has 0 saturated heterocycles. The third-order valence-corrected chi connectivity index (χ3v) is 3.98. The van der Waals surface area contributed by atoms with Crippen LogP contribution in [0, 0.1) is 6.92 Å². The smallest absolute Gasteiger partial charge is 0.0395 e. The van der Waals surface area contributed by atoms with Gasteiger partial charge in [0, 0.05) is 10.9 Å². The van der Waals surface area contributed by atoms with Gasteiger partial charge in [-0.2, -0.15) is 0 Å². The zero-order valence-corrected chi connectivity index (χ0v) is 10.3. The first kappa shape index (κ1) is 11.4. The first-order chi connectivity index (χ1) is 7.77. The molecular weight excluding hydrogens is 214 g/mol. The number of thiophene rings is 1. The summed E-state index contributed by atoms with van der Waals surface area (Å²) < 4.78 is 0. The fourth-order valence-corrected chi connectivity index (χ4v) is 2.83. The summed E-state index contributed by atoms with van der Waals surface area (Å²) >= 11 is 1.77. The van der Waals surface area contributed by atoms with Crippen molar-refractivity contribution in [2.24, 2.45) is 5.73 Å². The fourth-order valence-electron chi connectivity index (χ4n) is 1.86. The summed E-state index contributed by atoms with van der Waals surface area (Å²) in [6.07, 6.45) is 2.07. The highest BCUT2D eigenvalue weighted by atomic mass is 32.1. The van der Waals surface area contributed by atoms with E-state index in [1.807, 2.05) is 6.07 Å². The van der Waals surface area contributed by atoms with E-state index in [-0.39, 0.29) is 6.04 Å². The van der Waals surface area contributed by atoms with Gasteiger partial charge in [0.1, 0.15) is 0 Å². The van der Waals surface area contributed by atoms with E-state index in [2.05, 4.69) is 42.6 Å². The summed E-state index contributed by atoms with van der Waals surface area (Å²) in [5.74, 6) is 0. The van der Waals surface area contributed by atoms with Gasteiger partial charge < -0.3 is 5.73 Å². The van der Waals surface area contributed by atoms with Crippen LogP contribution in [0.15, 0.2) is 41.8 Å². The van der Waals surface area contributed by atoms with Gasteiger partial charge in [-0.15, -0.1) is 11.3 Å².